The van der Waals surface area contributed by atoms with Gasteiger partial charge in [0.25, 0.3) is 5.69 Å². The fourth-order valence-electron chi connectivity index (χ4n) is 1.47. The fraction of sp³-hybridized carbons (Fsp3) is 0.300. The van der Waals surface area contributed by atoms with Crippen molar-refractivity contribution in [3.63, 3.8) is 0 Å². The minimum atomic E-state index is -0.508. The average molecular weight is 193 g/mol. The summed E-state index contributed by atoms with van der Waals surface area (Å²) in [6.45, 7) is 4.78. The molecule has 0 aliphatic rings. The van der Waals surface area contributed by atoms with Gasteiger partial charge in [0, 0.05) is 5.56 Å². The third-order valence-corrected chi connectivity index (χ3v) is 2.01. The summed E-state index contributed by atoms with van der Waals surface area (Å²) in [5.41, 5.74) is 1.49. The van der Waals surface area contributed by atoms with Gasteiger partial charge in [-0.05, 0) is 38.5 Å². The van der Waals surface area contributed by atoms with E-state index in [0.29, 0.717) is 5.56 Å². The van der Waals surface area contributed by atoms with Crippen LogP contribution in [-0.4, -0.2) is 10.7 Å². The molecule has 1 aromatic carbocycles. The number of aryl methyl sites for hydroxylation is 2. The van der Waals surface area contributed by atoms with Crippen LogP contribution in [0.1, 0.15) is 28.4 Å². The molecule has 14 heavy (non-hydrogen) atoms. The lowest BCUT2D eigenvalue weighted by Gasteiger charge is -2.03. The Kier molecular flexibility index (Phi) is 2.65. The van der Waals surface area contributed by atoms with Crippen LogP contribution in [0.5, 0.6) is 0 Å². The average Bonchev–Trinajstić information content (AvgIpc) is 2.01. The van der Waals surface area contributed by atoms with Gasteiger partial charge in [-0.15, -0.1) is 0 Å². The molecular weight excluding hydrogens is 182 g/mol. The van der Waals surface area contributed by atoms with Crippen LogP contribution in [0.2, 0.25) is 0 Å². The summed E-state index contributed by atoms with van der Waals surface area (Å²) in [5, 5.41) is 10.7. The minimum Gasteiger partial charge on any atom is -0.294 e. The lowest BCUT2D eigenvalue weighted by atomic mass is 10.0. The highest BCUT2D eigenvalue weighted by Gasteiger charge is 2.20. The van der Waals surface area contributed by atoms with E-state index < -0.39 is 4.92 Å². The maximum Gasteiger partial charge on any atom is 0.283 e. The molecule has 0 heterocycles. The molecule has 0 saturated carbocycles. The van der Waals surface area contributed by atoms with Gasteiger partial charge in [0.15, 0.2) is 5.78 Å². The van der Waals surface area contributed by atoms with Gasteiger partial charge in [-0.1, -0.05) is 0 Å². The monoisotopic (exact) mass is 193 g/mol. The Morgan fingerprint density at radius 2 is 1.93 bits per heavy atom. The second kappa shape index (κ2) is 3.57. The molecule has 1 aromatic rings. The number of nitro benzene ring substituents is 1. The molecule has 0 saturated heterocycles. The van der Waals surface area contributed by atoms with E-state index in [0.717, 1.165) is 5.56 Å². The first-order chi connectivity index (χ1) is 6.43. The van der Waals surface area contributed by atoms with E-state index >= 15 is 0 Å². The quantitative estimate of drug-likeness (QED) is 0.411. The first-order valence-electron chi connectivity index (χ1n) is 4.20. The van der Waals surface area contributed by atoms with E-state index in [4.69, 9.17) is 0 Å². The van der Waals surface area contributed by atoms with Crippen molar-refractivity contribution in [3.05, 3.63) is 38.9 Å². The highest BCUT2D eigenvalue weighted by Crippen LogP contribution is 2.25. The van der Waals surface area contributed by atoms with Crippen LogP contribution in [0.4, 0.5) is 5.69 Å². The van der Waals surface area contributed by atoms with Gasteiger partial charge in [-0.25, -0.2) is 0 Å². The van der Waals surface area contributed by atoms with Gasteiger partial charge in [0.1, 0.15) is 0 Å². The summed E-state index contributed by atoms with van der Waals surface area (Å²) in [7, 11) is 0. The number of Topliss-reactive ketones (excluding diaryl/α,β-unsaturated/α-hetero) is 1. The highest BCUT2D eigenvalue weighted by atomic mass is 16.6. The van der Waals surface area contributed by atoms with E-state index in [1.807, 2.05) is 6.92 Å². The molecule has 74 valence electrons. The van der Waals surface area contributed by atoms with Crippen LogP contribution in [-0.2, 0) is 0 Å². The van der Waals surface area contributed by atoms with E-state index in [-0.39, 0.29) is 17.0 Å². The lowest BCUT2D eigenvalue weighted by molar-refractivity contribution is -0.385. The van der Waals surface area contributed by atoms with E-state index in [1.165, 1.54) is 6.92 Å². The van der Waals surface area contributed by atoms with Crippen molar-refractivity contribution < 1.29 is 9.72 Å². The van der Waals surface area contributed by atoms with Gasteiger partial charge in [0.2, 0.25) is 0 Å². The van der Waals surface area contributed by atoms with Crippen LogP contribution >= 0.6 is 0 Å². The number of hydrogen-bond donors (Lipinski definition) is 0. The Hall–Kier alpha value is -1.71. The van der Waals surface area contributed by atoms with Gasteiger partial charge >= 0.3 is 0 Å². The molecule has 0 aliphatic carbocycles. The molecule has 0 amide bonds. The normalized spacial score (nSPS) is 9.93. The Morgan fingerprint density at radius 1 is 1.36 bits per heavy atom. The van der Waals surface area contributed by atoms with Crippen molar-refractivity contribution >= 4 is 11.5 Å². The van der Waals surface area contributed by atoms with Gasteiger partial charge < -0.3 is 0 Å². The van der Waals surface area contributed by atoms with Crippen LogP contribution in [0.25, 0.3) is 0 Å². The molecule has 0 aliphatic heterocycles. The number of carbonyl (C=O) groups is 1. The topological polar surface area (TPSA) is 60.2 Å². The first-order valence-corrected chi connectivity index (χ1v) is 4.20. The molecule has 0 fully saturated rings. The molecular formula is C10H11NO3. The number of nitro groups is 1. The van der Waals surface area contributed by atoms with Crippen LogP contribution in [0, 0.1) is 24.0 Å². The Bertz CT molecular complexity index is 410. The number of carbonyl (C=O) groups excluding carboxylic acids is 1. The zero-order valence-corrected chi connectivity index (χ0v) is 8.33. The summed E-state index contributed by atoms with van der Waals surface area (Å²) < 4.78 is 0. The maximum atomic E-state index is 11.2. The highest BCUT2D eigenvalue weighted by molar-refractivity contribution is 5.98. The second-order valence-corrected chi connectivity index (χ2v) is 3.29. The smallest absolute Gasteiger partial charge is 0.283 e. The molecule has 0 aromatic heterocycles. The predicted molar refractivity (Wildman–Crippen MR) is 52.6 cm³/mol. The summed E-state index contributed by atoms with van der Waals surface area (Å²) >= 11 is 0. The predicted octanol–water partition coefficient (Wildman–Crippen LogP) is 2.41. The second-order valence-electron chi connectivity index (χ2n) is 3.29. The van der Waals surface area contributed by atoms with Crippen molar-refractivity contribution in [3.8, 4) is 0 Å². The van der Waals surface area contributed by atoms with Gasteiger partial charge in [0.05, 0.1) is 10.5 Å². The third kappa shape index (κ3) is 1.79. The van der Waals surface area contributed by atoms with Crippen LogP contribution in [0.15, 0.2) is 12.1 Å². The minimum absolute atomic E-state index is 0.0805. The van der Waals surface area contributed by atoms with Crippen molar-refractivity contribution in [1.82, 2.24) is 0 Å². The molecule has 1 rings (SSSR count). The Balaban J connectivity index is 3.52. The molecule has 4 heteroatoms. The molecule has 0 spiro atoms. The fourth-order valence-corrected chi connectivity index (χ4v) is 1.47. The van der Waals surface area contributed by atoms with Crippen molar-refractivity contribution in [1.29, 1.82) is 0 Å². The molecule has 0 unspecified atom stereocenters. The number of ketones is 1. The molecule has 4 nitrogen and oxygen atoms in total. The number of rotatable bonds is 2. The molecule has 0 N–H and O–H groups in total. The van der Waals surface area contributed by atoms with E-state index in [1.54, 1.807) is 19.1 Å². The Labute approximate surface area is 81.7 Å². The lowest BCUT2D eigenvalue weighted by Crippen LogP contribution is -2.02. The van der Waals surface area contributed by atoms with E-state index in [2.05, 4.69) is 0 Å². The van der Waals surface area contributed by atoms with Crippen molar-refractivity contribution in [2.45, 2.75) is 20.8 Å². The maximum absolute atomic E-state index is 11.2. The SMILES string of the molecule is CC(=O)c1cc(C)cc(C)c1[N+](=O)[O-]. The zero-order chi connectivity index (χ0) is 10.9. The van der Waals surface area contributed by atoms with Crippen molar-refractivity contribution in [2.75, 3.05) is 0 Å². The summed E-state index contributed by atoms with van der Waals surface area (Å²) in [6.07, 6.45) is 0. The first kappa shape index (κ1) is 10.4. The van der Waals surface area contributed by atoms with E-state index in [9.17, 15) is 14.9 Å². The largest absolute Gasteiger partial charge is 0.294 e. The third-order valence-electron chi connectivity index (χ3n) is 2.01. The van der Waals surface area contributed by atoms with Crippen LogP contribution < -0.4 is 0 Å². The number of nitrogens with zero attached hydrogens (tertiary/aromatic N) is 1. The van der Waals surface area contributed by atoms with Crippen LogP contribution in [0.3, 0.4) is 0 Å². The Morgan fingerprint density at radius 3 is 2.36 bits per heavy atom. The van der Waals surface area contributed by atoms with Crippen molar-refractivity contribution in [2.24, 2.45) is 0 Å². The summed E-state index contributed by atoms with van der Waals surface area (Å²) in [4.78, 5) is 21.4. The van der Waals surface area contributed by atoms with Gasteiger partial charge in [-0.3, -0.25) is 14.9 Å². The summed E-state index contributed by atoms with van der Waals surface area (Å²) in [5.74, 6) is -0.275. The van der Waals surface area contributed by atoms with Gasteiger partial charge in [-0.2, -0.15) is 0 Å². The molecule has 0 radical (unpaired) electrons. The standard InChI is InChI=1S/C10H11NO3/c1-6-4-7(2)10(11(13)14)9(5-6)8(3)12/h4-5H,1-3H3. The number of benzene rings is 1. The number of hydrogen-bond acceptors (Lipinski definition) is 3. The molecule has 0 atom stereocenters. The zero-order valence-electron chi connectivity index (χ0n) is 8.33. The molecule has 0 bridgehead atoms. The summed E-state index contributed by atoms with van der Waals surface area (Å²) in [6, 6.07) is 3.25.